The molecule has 0 heterocycles. The number of anilines is 1. The van der Waals surface area contributed by atoms with E-state index in [1.54, 1.807) is 0 Å². The van der Waals surface area contributed by atoms with Crippen molar-refractivity contribution in [3.05, 3.63) is 29.3 Å². The third-order valence-corrected chi connectivity index (χ3v) is 5.86. The van der Waals surface area contributed by atoms with Gasteiger partial charge in [-0.25, -0.2) is 0 Å². The number of alkyl halides is 1. The molecule has 0 unspecified atom stereocenters. The molecular formula is C18H28BrN. The van der Waals surface area contributed by atoms with Crippen molar-refractivity contribution in [2.45, 2.75) is 52.4 Å². The van der Waals surface area contributed by atoms with Gasteiger partial charge in [0.25, 0.3) is 0 Å². The molecule has 112 valence electrons. The van der Waals surface area contributed by atoms with E-state index in [1.165, 1.54) is 61.9 Å². The fourth-order valence-electron chi connectivity index (χ4n) is 3.58. The van der Waals surface area contributed by atoms with Gasteiger partial charge in [0.1, 0.15) is 0 Å². The SMILES string of the molecule is Cc1cc(C)cc(N(C)CC2(CBr)CCCCCC2)c1. The van der Waals surface area contributed by atoms with Gasteiger partial charge in [-0.3, -0.25) is 0 Å². The molecule has 20 heavy (non-hydrogen) atoms. The van der Waals surface area contributed by atoms with E-state index in [0.717, 1.165) is 5.33 Å². The predicted octanol–water partition coefficient (Wildman–Crippen LogP) is 5.48. The first-order valence-corrected chi connectivity index (χ1v) is 9.02. The second-order valence-electron chi connectivity index (χ2n) is 6.75. The Morgan fingerprint density at radius 3 is 2.05 bits per heavy atom. The summed E-state index contributed by atoms with van der Waals surface area (Å²) in [4.78, 5) is 2.46. The van der Waals surface area contributed by atoms with Crippen LogP contribution in [-0.2, 0) is 0 Å². The second-order valence-corrected chi connectivity index (χ2v) is 7.31. The zero-order valence-corrected chi connectivity index (χ0v) is 14.8. The molecule has 1 saturated carbocycles. The van der Waals surface area contributed by atoms with E-state index >= 15 is 0 Å². The minimum absolute atomic E-state index is 0.461. The van der Waals surface area contributed by atoms with Crippen LogP contribution in [0.25, 0.3) is 0 Å². The maximum atomic E-state index is 3.81. The van der Waals surface area contributed by atoms with E-state index in [9.17, 15) is 0 Å². The molecular weight excluding hydrogens is 310 g/mol. The molecule has 0 saturated heterocycles. The van der Waals surface area contributed by atoms with E-state index in [2.05, 4.69) is 59.9 Å². The minimum Gasteiger partial charge on any atom is -0.374 e. The maximum Gasteiger partial charge on any atom is 0.0369 e. The van der Waals surface area contributed by atoms with Crippen LogP contribution in [0, 0.1) is 19.3 Å². The van der Waals surface area contributed by atoms with Gasteiger partial charge in [-0.15, -0.1) is 0 Å². The van der Waals surface area contributed by atoms with Crippen molar-refractivity contribution < 1.29 is 0 Å². The molecule has 0 aliphatic heterocycles. The fourth-order valence-corrected chi connectivity index (χ4v) is 4.32. The zero-order chi connectivity index (χ0) is 14.6. The van der Waals surface area contributed by atoms with Crippen molar-refractivity contribution >= 4 is 21.6 Å². The largest absolute Gasteiger partial charge is 0.374 e. The molecule has 0 atom stereocenters. The van der Waals surface area contributed by atoms with Gasteiger partial charge >= 0.3 is 0 Å². The highest BCUT2D eigenvalue weighted by Crippen LogP contribution is 2.38. The summed E-state index contributed by atoms with van der Waals surface area (Å²) in [6.07, 6.45) is 8.36. The fraction of sp³-hybridized carbons (Fsp3) is 0.667. The quantitative estimate of drug-likeness (QED) is 0.519. The number of nitrogens with zero attached hydrogens (tertiary/aromatic N) is 1. The molecule has 2 heteroatoms. The summed E-state index contributed by atoms with van der Waals surface area (Å²) < 4.78 is 0. The molecule has 2 rings (SSSR count). The van der Waals surface area contributed by atoms with E-state index in [4.69, 9.17) is 0 Å². The maximum absolute atomic E-state index is 3.81. The van der Waals surface area contributed by atoms with Crippen molar-refractivity contribution in [2.24, 2.45) is 5.41 Å². The lowest BCUT2D eigenvalue weighted by atomic mass is 9.82. The Kier molecular flexibility index (Phi) is 5.54. The predicted molar refractivity (Wildman–Crippen MR) is 93.1 cm³/mol. The van der Waals surface area contributed by atoms with Crippen LogP contribution in [0.5, 0.6) is 0 Å². The van der Waals surface area contributed by atoms with Crippen LogP contribution >= 0.6 is 15.9 Å². The van der Waals surface area contributed by atoms with Crippen LogP contribution in [0.4, 0.5) is 5.69 Å². The molecule has 0 N–H and O–H groups in total. The van der Waals surface area contributed by atoms with Gasteiger partial charge in [0.15, 0.2) is 0 Å². The van der Waals surface area contributed by atoms with E-state index in [1.807, 2.05) is 0 Å². The van der Waals surface area contributed by atoms with Crippen LogP contribution in [0.3, 0.4) is 0 Å². The van der Waals surface area contributed by atoms with Crippen LogP contribution in [0.1, 0.15) is 49.7 Å². The molecule has 0 bridgehead atoms. The van der Waals surface area contributed by atoms with Crippen LogP contribution in [-0.4, -0.2) is 18.9 Å². The molecule has 0 amide bonds. The Morgan fingerprint density at radius 2 is 1.55 bits per heavy atom. The minimum atomic E-state index is 0.461. The second kappa shape index (κ2) is 6.98. The van der Waals surface area contributed by atoms with Crippen molar-refractivity contribution in [3.63, 3.8) is 0 Å². The number of hydrogen-bond acceptors (Lipinski definition) is 1. The topological polar surface area (TPSA) is 3.24 Å². The molecule has 1 nitrogen and oxygen atoms in total. The van der Waals surface area contributed by atoms with Gasteiger partial charge in [0.2, 0.25) is 0 Å². The molecule has 0 aromatic heterocycles. The Hall–Kier alpha value is -0.500. The van der Waals surface area contributed by atoms with Crippen LogP contribution < -0.4 is 4.90 Å². The average molecular weight is 338 g/mol. The van der Waals surface area contributed by atoms with Crippen molar-refractivity contribution in [2.75, 3.05) is 23.8 Å². The van der Waals surface area contributed by atoms with E-state index < -0.39 is 0 Å². The highest BCUT2D eigenvalue weighted by atomic mass is 79.9. The van der Waals surface area contributed by atoms with Gasteiger partial charge in [-0.1, -0.05) is 47.7 Å². The first-order chi connectivity index (χ1) is 9.54. The van der Waals surface area contributed by atoms with Gasteiger partial charge in [-0.05, 0) is 55.4 Å². The number of aryl methyl sites for hydroxylation is 2. The smallest absolute Gasteiger partial charge is 0.0369 e. The van der Waals surface area contributed by atoms with E-state index in [0.29, 0.717) is 5.41 Å². The summed E-state index contributed by atoms with van der Waals surface area (Å²) >= 11 is 3.81. The lowest BCUT2D eigenvalue weighted by Gasteiger charge is -2.36. The zero-order valence-electron chi connectivity index (χ0n) is 13.2. The van der Waals surface area contributed by atoms with Crippen LogP contribution in [0.15, 0.2) is 18.2 Å². The molecule has 1 aliphatic rings. The Morgan fingerprint density at radius 1 is 1.00 bits per heavy atom. The third kappa shape index (κ3) is 4.00. The van der Waals surface area contributed by atoms with Crippen molar-refractivity contribution in [1.82, 2.24) is 0 Å². The average Bonchev–Trinajstić information content (AvgIpc) is 2.64. The Balaban J connectivity index is 2.13. The normalized spacial score (nSPS) is 18.6. The van der Waals surface area contributed by atoms with Gasteiger partial charge in [0, 0.05) is 24.6 Å². The molecule has 1 aromatic rings. The van der Waals surface area contributed by atoms with Crippen molar-refractivity contribution in [3.8, 4) is 0 Å². The lowest BCUT2D eigenvalue weighted by molar-refractivity contribution is 0.295. The number of hydrogen-bond donors (Lipinski definition) is 0. The summed E-state index contributed by atoms with van der Waals surface area (Å²) in [6, 6.07) is 6.88. The number of rotatable bonds is 4. The molecule has 1 aromatic carbocycles. The highest BCUT2D eigenvalue weighted by Gasteiger charge is 2.31. The first kappa shape index (κ1) is 15.9. The van der Waals surface area contributed by atoms with Crippen molar-refractivity contribution in [1.29, 1.82) is 0 Å². The highest BCUT2D eigenvalue weighted by molar-refractivity contribution is 9.09. The Bertz CT molecular complexity index is 413. The number of benzene rings is 1. The summed E-state index contributed by atoms with van der Waals surface area (Å²) in [7, 11) is 2.25. The first-order valence-electron chi connectivity index (χ1n) is 7.90. The molecule has 1 fully saturated rings. The number of halogens is 1. The lowest BCUT2D eigenvalue weighted by Crippen LogP contribution is -2.37. The van der Waals surface area contributed by atoms with Gasteiger partial charge in [-0.2, -0.15) is 0 Å². The van der Waals surface area contributed by atoms with Gasteiger partial charge in [0.05, 0.1) is 0 Å². The molecule has 0 spiro atoms. The van der Waals surface area contributed by atoms with Crippen LogP contribution in [0.2, 0.25) is 0 Å². The molecule has 0 radical (unpaired) electrons. The third-order valence-electron chi connectivity index (χ3n) is 4.67. The monoisotopic (exact) mass is 337 g/mol. The van der Waals surface area contributed by atoms with Gasteiger partial charge < -0.3 is 4.90 Å². The van der Waals surface area contributed by atoms with E-state index in [-0.39, 0.29) is 0 Å². The summed E-state index contributed by atoms with van der Waals surface area (Å²) in [6.45, 7) is 5.55. The molecule has 1 aliphatic carbocycles. The Labute approximate surface area is 132 Å². The standard InChI is InChI=1S/C18H28BrN/c1-15-10-16(2)12-17(11-15)20(3)14-18(13-19)8-6-4-5-7-9-18/h10-12H,4-9,13-14H2,1-3H3. The summed E-state index contributed by atoms with van der Waals surface area (Å²) in [5.74, 6) is 0. The summed E-state index contributed by atoms with van der Waals surface area (Å²) in [5, 5.41) is 1.13. The summed E-state index contributed by atoms with van der Waals surface area (Å²) in [5.41, 5.74) is 4.55.